The molecule has 1 aliphatic heterocycles. The molecule has 0 radical (unpaired) electrons. The maximum absolute atomic E-state index is 13.0. The number of benzene rings is 2. The zero-order valence-electron chi connectivity index (χ0n) is 17.3. The zero-order chi connectivity index (χ0) is 21.0. The molecule has 0 N–H and O–H groups in total. The summed E-state index contributed by atoms with van der Waals surface area (Å²) in [4.78, 5) is 27.1. The third kappa shape index (κ3) is 4.13. The minimum absolute atomic E-state index is 0.237. The van der Waals surface area contributed by atoms with Gasteiger partial charge in [0.1, 0.15) is 13.2 Å². The summed E-state index contributed by atoms with van der Waals surface area (Å²) >= 11 is 0. The van der Waals surface area contributed by atoms with E-state index in [1.54, 1.807) is 11.9 Å². The molecular weight excluding hydrogens is 382 g/mol. The van der Waals surface area contributed by atoms with Gasteiger partial charge in [-0.2, -0.15) is 0 Å². The van der Waals surface area contributed by atoms with E-state index in [4.69, 9.17) is 14.2 Å². The fourth-order valence-electron chi connectivity index (χ4n) is 4.27. The summed E-state index contributed by atoms with van der Waals surface area (Å²) in [5.74, 6) is 0.875. The van der Waals surface area contributed by atoms with Crippen LogP contribution < -0.4 is 9.47 Å². The number of ether oxygens (including phenoxy) is 3. The lowest BCUT2D eigenvalue weighted by atomic mass is 9.79. The van der Waals surface area contributed by atoms with Gasteiger partial charge in [0.2, 0.25) is 0 Å². The highest BCUT2D eigenvalue weighted by atomic mass is 16.6. The van der Waals surface area contributed by atoms with Crippen LogP contribution in [-0.2, 0) is 26.3 Å². The smallest absolute Gasteiger partial charge is 0.317 e. The van der Waals surface area contributed by atoms with Crippen LogP contribution in [0.3, 0.4) is 0 Å². The molecule has 30 heavy (non-hydrogen) atoms. The normalized spacial score (nSPS) is 16.7. The molecule has 2 aromatic carbocycles. The van der Waals surface area contributed by atoms with Crippen molar-refractivity contribution in [2.24, 2.45) is 0 Å². The van der Waals surface area contributed by atoms with Crippen LogP contribution in [0.2, 0.25) is 0 Å². The Morgan fingerprint density at radius 3 is 2.43 bits per heavy atom. The summed E-state index contributed by atoms with van der Waals surface area (Å²) < 4.78 is 16.6. The Morgan fingerprint density at radius 2 is 1.70 bits per heavy atom. The quantitative estimate of drug-likeness (QED) is 0.684. The van der Waals surface area contributed by atoms with E-state index in [0.717, 1.165) is 42.6 Å². The highest BCUT2D eigenvalue weighted by Gasteiger charge is 2.44. The van der Waals surface area contributed by atoms with Crippen LogP contribution in [0.25, 0.3) is 0 Å². The van der Waals surface area contributed by atoms with Crippen LogP contribution in [0, 0.1) is 0 Å². The van der Waals surface area contributed by atoms with Crippen molar-refractivity contribution in [3.8, 4) is 11.5 Å². The molecule has 2 aromatic rings. The van der Waals surface area contributed by atoms with Gasteiger partial charge in [0.25, 0.3) is 5.91 Å². The molecule has 2 aliphatic rings. The number of likely N-dealkylation sites (N-methyl/N-ethyl adjacent to an activating group) is 1. The van der Waals surface area contributed by atoms with Gasteiger partial charge in [0, 0.05) is 13.6 Å². The lowest BCUT2D eigenvalue weighted by molar-refractivity contribution is -0.156. The van der Waals surface area contributed by atoms with Gasteiger partial charge in [-0.25, -0.2) is 0 Å². The number of nitrogens with zero attached hydrogens (tertiary/aromatic N) is 1. The Morgan fingerprint density at radius 1 is 1.00 bits per heavy atom. The lowest BCUT2D eigenvalue weighted by Gasteiger charge is -2.27. The van der Waals surface area contributed by atoms with Crippen molar-refractivity contribution in [3.05, 3.63) is 59.7 Å². The van der Waals surface area contributed by atoms with Crippen molar-refractivity contribution in [1.29, 1.82) is 0 Å². The summed E-state index contributed by atoms with van der Waals surface area (Å²) in [7, 11) is 1.70. The minimum atomic E-state index is -0.629. The van der Waals surface area contributed by atoms with Gasteiger partial charge < -0.3 is 19.1 Å². The molecule has 1 saturated carbocycles. The molecule has 6 nitrogen and oxygen atoms in total. The molecule has 6 heteroatoms. The zero-order valence-corrected chi connectivity index (χ0v) is 17.3. The van der Waals surface area contributed by atoms with Crippen molar-refractivity contribution in [2.75, 3.05) is 26.9 Å². The molecule has 0 unspecified atom stereocenters. The van der Waals surface area contributed by atoms with Gasteiger partial charge >= 0.3 is 5.97 Å². The van der Waals surface area contributed by atoms with Crippen LogP contribution in [0.5, 0.6) is 11.5 Å². The highest BCUT2D eigenvalue weighted by Crippen LogP contribution is 2.42. The monoisotopic (exact) mass is 409 g/mol. The van der Waals surface area contributed by atoms with Crippen molar-refractivity contribution in [1.82, 2.24) is 4.90 Å². The van der Waals surface area contributed by atoms with Gasteiger partial charge in [-0.05, 0) is 36.1 Å². The number of carbonyl (C=O) groups excluding carboxylic acids is 2. The third-order valence-electron chi connectivity index (χ3n) is 5.95. The lowest BCUT2D eigenvalue weighted by Crippen LogP contribution is -2.38. The van der Waals surface area contributed by atoms with Gasteiger partial charge in [0.15, 0.2) is 18.1 Å². The molecule has 0 spiro atoms. The summed E-state index contributed by atoms with van der Waals surface area (Å²) in [5, 5.41) is 0. The van der Waals surface area contributed by atoms with Crippen LogP contribution in [0.1, 0.15) is 36.8 Å². The SMILES string of the molecule is CN(Cc1ccc2c(c1)OCCO2)C(=O)COC(=O)C1(c2ccccc2)CCCC1. The molecule has 158 valence electrons. The van der Waals surface area contributed by atoms with Gasteiger partial charge in [0.05, 0.1) is 5.41 Å². The fraction of sp³-hybridized carbons (Fsp3) is 0.417. The second-order valence-electron chi connectivity index (χ2n) is 7.96. The molecule has 1 aliphatic carbocycles. The maximum Gasteiger partial charge on any atom is 0.317 e. The van der Waals surface area contributed by atoms with Crippen molar-refractivity contribution < 1.29 is 23.8 Å². The Hall–Kier alpha value is -3.02. The Balaban J connectivity index is 1.36. The van der Waals surface area contributed by atoms with E-state index >= 15 is 0 Å². The van der Waals surface area contributed by atoms with E-state index in [1.165, 1.54) is 0 Å². The summed E-state index contributed by atoms with van der Waals surface area (Å²) in [6, 6.07) is 15.4. The average Bonchev–Trinajstić information content (AvgIpc) is 3.29. The topological polar surface area (TPSA) is 65.1 Å². The molecule has 1 fully saturated rings. The first-order valence-corrected chi connectivity index (χ1v) is 10.4. The van der Waals surface area contributed by atoms with E-state index in [2.05, 4.69) is 0 Å². The first-order chi connectivity index (χ1) is 14.6. The summed E-state index contributed by atoms with van der Waals surface area (Å²) in [5.41, 5.74) is 1.28. The maximum atomic E-state index is 13.0. The average molecular weight is 409 g/mol. The standard InChI is InChI=1S/C24H27NO5/c1-25(16-18-9-10-20-21(15-18)29-14-13-28-20)22(26)17-30-23(27)24(11-5-6-12-24)19-7-3-2-4-8-19/h2-4,7-10,15H,5-6,11-14,16-17H2,1H3. The van der Waals surface area contributed by atoms with Gasteiger partial charge in [-0.3, -0.25) is 9.59 Å². The molecule has 1 amide bonds. The predicted molar refractivity (Wildman–Crippen MR) is 111 cm³/mol. The van der Waals surface area contributed by atoms with Crippen molar-refractivity contribution in [2.45, 2.75) is 37.6 Å². The largest absolute Gasteiger partial charge is 0.486 e. The number of fused-ring (bicyclic) bond motifs is 1. The number of carbonyl (C=O) groups is 2. The van der Waals surface area contributed by atoms with E-state index in [9.17, 15) is 9.59 Å². The molecule has 0 atom stereocenters. The number of rotatable bonds is 6. The first-order valence-electron chi connectivity index (χ1n) is 10.4. The van der Waals surface area contributed by atoms with Crippen LogP contribution in [-0.4, -0.2) is 43.6 Å². The van der Waals surface area contributed by atoms with Gasteiger partial charge in [-0.1, -0.05) is 49.2 Å². The van der Waals surface area contributed by atoms with Crippen molar-refractivity contribution in [3.63, 3.8) is 0 Å². The van der Waals surface area contributed by atoms with E-state index in [0.29, 0.717) is 25.5 Å². The first kappa shape index (κ1) is 20.3. The van der Waals surface area contributed by atoms with E-state index in [1.807, 2.05) is 48.5 Å². The fourth-order valence-corrected chi connectivity index (χ4v) is 4.27. The second-order valence-corrected chi connectivity index (χ2v) is 7.96. The molecule has 4 rings (SSSR count). The molecule has 0 saturated heterocycles. The Labute approximate surface area is 176 Å². The van der Waals surface area contributed by atoms with Crippen LogP contribution in [0.15, 0.2) is 48.5 Å². The number of hydrogen-bond acceptors (Lipinski definition) is 5. The summed E-state index contributed by atoms with van der Waals surface area (Å²) in [6.07, 6.45) is 3.50. The number of hydrogen-bond donors (Lipinski definition) is 0. The van der Waals surface area contributed by atoms with Crippen LogP contribution >= 0.6 is 0 Å². The highest BCUT2D eigenvalue weighted by molar-refractivity contribution is 5.86. The molecular formula is C24H27NO5. The Bertz CT molecular complexity index is 905. The molecule has 0 bridgehead atoms. The summed E-state index contributed by atoms with van der Waals surface area (Å²) in [6.45, 7) is 1.20. The predicted octanol–water partition coefficient (Wildman–Crippen LogP) is 3.47. The number of esters is 1. The third-order valence-corrected chi connectivity index (χ3v) is 5.95. The Kier molecular flexibility index (Phi) is 5.93. The molecule has 0 aromatic heterocycles. The van der Waals surface area contributed by atoms with Gasteiger partial charge in [-0.15, -0.1) is 0 Å². The minimum Gasteiger partial charge on any atom is -0.486 e. The van der Waals surface area contributed by atoms with E-state index < -0.39 is 5.41 Å². The second kappa shape index (κ2) is 8.78. The van der Waals surface area contributed by atoms with Crippen molar-refractivity contribution >= 4 is 11.9 Å². The van der Waals surface area contributed by atoms with E-state index in [-0.39, 0.29) is 18.5 Å². The van der Waals surface area contributed by atoms with Crippen LogP contribution in [0.4, 0.5) is 0 Å². The molecule has 1 heterocycles. The number of amides is 1.